The van der Waals surface area contributed by atoms with Gasteiger partial charge in [-0.1, -0.05) is 12.8 Å². The summed E-state index contributed by atoms with van der Waals surface area (Å²) in [5, 5.41) is 0. The van der Waals surface area contributed by atoms with Crippen LogP contribution in [-0.2, 0) is 14.3 Å². The fourth-order valence-corrected chi connectivity index (χ4v) is 3.29. The minimum Gasteiger partial charge on any atom is -0.374 e. The molecule has 1 saturated heterocycles. The van der Waals surface area contributed by atoms with Crippen molar-refractivity contribution in [2.75, 3.05) is 26.2 Å². The SMILES string of the molecule is CC(C)N(CC(N)=O)CC(=O)N1CCO[C@H]2CCCC[C@@H]21. The van der Waals surface area contributed by atoms with E-state index in [1.54, 1.807) is 0 Å². The van der Waals surface area contributed by atoms with Gasteiger partial charge in [0, 0.05) is 12.6 Å². The molecule has 0 spiro atoms. The van der Waals surface area contributed by atoms with Gasteiger partial charge in [0.25, 0.3) is 0 Å². The van der Waals surface area contributed by atoms with E-state index < -0.39 is 5.91 Å². The van der Waals surface area contributed by atoms with Crippen molar-refractivity contribution < 1.29 is 14.3 Å². The van der Waals surface area contributed by atoms with E-state index in [0.29, 0.717) is 13.2 Å². The second-order valence-electron chi connectivity index (χ2n) is 6.31. The van der Waals surface area contributed by atoms with Crippen LogP contribution >= 0.6 is 0 Å². The van der Waals surface area contributed by atoms with Crippen LogP contribution < -0.4 is 5.73 Å². The quantitative estimate of drug-likeness (QED) is 0.794. The molecule has 2 aliphatic rings. The molecule has 6 nitrogen and oxygen atoms in total. The molecule has 120 valence electrons. The number of nitrogens with two attached hydrogens (primary N) is 1. The van der Waals surface area contributed by atoms with Gasteiger partial charge < -0.3 is 15.4 Å². The van der Waals surface area contributed by atoms with Crippen molar-refractivity contribution >= 4 is 11.8 Å². The lowest BCUT2D eigenvalue weighted by Crippen LogP contribution is -2.57. The fraction of sp³-hybridized carbons (Fsp3) is 0.867. The zero-order chi connectivity index (χ0) is 15.4. The average molecular weight is 297 g/mol. The number of primary amides is 1. The molecule has 0 radical (unpaired) electrons. The first-order valence-corrected chi connectivity index (χ1v) is 7.92. The van der Waals surface area contributed by atoms with Crippen LogP contribution in [0.25, 0.3) is 0 Å². The largest absolute Gasteiger partial charge is 0.374 e. The fourth-order valence-electron chi connectivity index (χ4n) is 3.29. The van der Waals surface area contributed by atoms with E-state index in [2.05, 4.69) is 0 Å². The first-order chi connectivity index (χ1) is 9.99. The van der Waals surface area contributed by atoms with Gasteiger partial charge in [-0.2, -0.15) is 0 Å². The Hall–Kier alpha value is -1.14. The van der Waals surface area contributed by atoms with Crippen LogP contribution in [0, 0.1) is 0 Å². The lowest BCUT2D eigenvalue weighted by Gasteiger charge is -2.44. The van der Waals surface area contributed by atoms with E-state index >= 15 is 0 Å². The topological polar surface area (TPSA) is 75.9 Å². The van der Waals surface area contributed by atoms with Crippen LogP contribution in [0.5, 0.6) is 0 Å². The van der Waals surface area contributed by atoms with Crippen molar-refractivity contribution in [3.8, 4) is 0 Å². The Morgan fingerprint density at radius 2 is 2.00 bits per heavy atom. The highest BCUT2D eigenvalue weighted by Gasteiger charge is 2.37. The summed E-state index contributed by atoms with van der Waals surface area (Å²) in [4.78, 5) is 27.6. The van der Waals surface area contributed by atoms with Crippen LogP contribution in [0.2, 0.25) is 0 Å². The number of hydrogen-bond acceptors (Lipinski definition) is 4. The van der Waals surface area contributed by atoms with Crippen LogP contribution in [-0.4, -0.2) is 66.0 Å². The van der Waals surface area contributed by atoms with Gasteiger partial charge in [-0.05, 0) is 26.7 Å². The number of nitrogens with zero attached hydrogens (tertiary/aromatic N) is 2. The number of hydrogen-bond donors (Lipinski definition) is 1. The number of carbonyl (C=O) groups is 2. The lowest BCUT2D eigenvalue weighted by atomic mass is 9.90. The highest BCUT2D eigenvalue weighted by atomic mass is 16.5. The summed E-state index contributed by atoms with van der Waals surface area (Å²) < 4.78 is 5.80. The molecule has 0 unspecified atom stereocenters. The molecule has 0 aromatic heterocycles. The highest BCUT2D eigenvalue weighted by Crippen LogP contribution is 2.28. The second-order valence-corrected chi connectivity index (χ2v) is 6.31. The number of morpholine rings is 1. The molecule has 0 bridgehead atoms. The zero-order valence-corrected chi connectivity index (χ0v) is 13.1. The van der Waals surface area contributed by atoms with E-state index in [4.69, 9.17) is 10.5 Å². The Kier molecular flexibility index (Phi) is 5.58. The number of rotatable bonds is 5. The smallest absolute Gasteiger partial charge is 0.237 e. The molecular formula is C15H27N3O3. The predicted molar refractivity (Wildman–Crippen MR) is 79.6 cm³/mol. The van der Waals surface area contributed by atoms with Gasteiger partial charge in [0.15, 0.2) is 0 Å². The molecule has 2 atom stereocenters. The van der Waals surface area contributed by atoms with Crippen LogP contribution in [0.3, 0.4) is 0 Å². The first kappa shape index (κ1) is 16.2. The van der Waals surface area contributed by atoms with Crippen molar-refractivity contribution in [3.05, 3.63) is 0 Å². The summed E-state index contributed by atoms with van der Waals surface area (Å²) in [5.41, 5.74) is 5.27. The van der Waals surface area contributed by atoms with Crippen LogP contribution in [0.1, 0.15) is 39.5 Å². The third-order valence-electron chi connectivity index (χ3n) is 4.48. The first-order valence-electron chi connectivity index (χ1n) is 7.92. The summed E-state index contributed by atoms with van der Waals surface area (Å²) in [6.07, 6.45) is 4.60. The number of amides is 2. The van der Waals surface area contributed by atoms with Gasteiger partial charge in [-0.3, -0.25) is 14.5 Å². The van der Waals surface area contributed by atoms with Gasteiger partial charge in [-0.15, -0.1) is 0 Å². The summed E-state index contributed by atoms with van der Waals surface area (Å²) in [7, 11) is 0. The number of ether oxygens (including phenoxy) is 1. The molecular weight excluding hydrogens is 270 g/mol. The van der Waals surface area contributed by atoms with Crippen molar-refractivity contribution in [1.29, 1.82) is 0 Å². The number of carbonyl (C=O) groups excluding carboxylic acids is 2. The molecule has 2 rings (SSSR count). The molecule has 0 aromatic rings. The summed E-state index contributed by atoms with van der Waals surface area (Å²) in [5.74, 6) is -0.306. The van der Waals surface area contributed by atoms with Crippen molar-refractivity contribution in [3.63, 3.8) is 0 Å². The molecule has 6 heteroatoms. The van der Waals surface area contributed by atoms with Gasteiger partial charge in [0.05, 0.1) is 31.8 Å². The van der Waals surface area contributed by atoms with Gasteiger partial charge >= 0.3 is 0 Å². The van der Waals surface area contributed by atoms with Crippen molar-refractivity contribution in [2.24, 2.45) is 5.73 Å². The Balaban J connectivity index is 1.98. The summed E-state index contributed by atoms with van der Waals surface area (Å²) in [6.45, 7) is 5.59. The molecule has 2 amide bonds. The van der Waals surface area contributed by atoms with Gasteiger partial charge in [0.1, 0.15) is 0 Å². The Labute approximate surface area is 126 Å². The Bertz CT molecular complexity index is 384. The molecule has 21 heavy (non-hydrogen) atoms. The zero-order valence-electron chi connectivity index (χ0n) is 13.1. The Morgan fingerprint density at radius 1 is 1.29 bits per heavy atom. The van der Waals surface area contributed by atoms with Crippen LogP contribution in [0.4, 0.5) is 0 Å². The standard InChI is InChI=1S/C15H27N3O3/c1-11(2)17(9-14(16)19)10-15(20)18-7-8-21-13-6-4-3-5-12(13)18/h11-13H,3-10H2,1-2H3,(H2,16,19)/t12-,13-/m0/s1. The maximum atomic E-state index is 12.6. The highest BCUT2D eigenvalue weighted by molar-refractivity contribution is 5.81. The molecule has 1 aliphatic heterocycles. The third kappa shape index (κ3) is 4.17. The molecule has 2 fully saturated rings. The van der Waals surface area contributed by atoms with E-state index in [1.807, 2.05) is 23.6 Å². The monoisotopic (exact) mass is 297 g/mol. The van der Waals surface area contributed by atoms with E-state index in [0.717, 1.165) is 19.3 Å². The normalized spacial score (nSPS) is 26.0. The van der Waals surface area contributed by atoms with E-state index in [-0.39, 0.29) is 37.2 Å². The molecule has 1 heterocycles. The van der Waals surface area contributed by atoms with Crippen LogP contribution in [0.15, 0.2) is 0 Å². The lowest BCUT2D eigenvalue weighted by molar-refractivity contribution is -0.151. The number of fused-ring (bicyclic) bond motifs is 1. The van der Waals surface area contributed by atoms with Gasteiger partial charge in [-0.25, -0.2) is 0 Å². The summed E-state index contributed by atoms with van der Waals surface area (Å²) in [6, 6.07) is 0.326. The second kappa shape index (κ2) is 7.22. The Morgan fingerprint density at radius 3 is 2.67 bits per heavy atom. The molecule has 0 aromatic carbocycles. The average Bonchev–Trinajstić information content (AvgIpc) is 2.45. The van der Waals surface area contributed by atoms with Crippen molar-refractivity contribution in [2.45, 2.75) is 57.7 Å². The van der Waals surface area contributed by atoms with E-state index in [9.17, 15) is 9.59 Å². The van der Waals surface area contributed by atoms with Gasteiger partial charge in [0.2, 0.25) is 11.8 Å². The molecule has 2 N–H and O–H groups in total. The minimum absolute atomic E-state index is 0.0881. The predicted octanol–water partition coefficient (Wildman–Crippen LogP) is 0.352. The molecule has 1 aliphatic carbocycles. The molecule has 1 saturated carbocycles. The minimum atomic E-state index is -0.394. The maximum Gasteiger partial charge on any atom is 0.237 e. The summed E-state index contributed by atoms with van der Waals surface area (Å²) >= 11 is 0. The maximum absolute atomic E-state index is 12.6. The van der Waals surface area contributed by atoms with E-state index in [1.165, 1.54) is 6.42 Å². The van der Waals surface area contributed by atoms with Crippen molar-refractivity contribution in [1.82, 2.24) is 9.80 Å². The third-order valence-corrected chi connectivity index (χ3v) is 4.48.